The maximum absolute atomic E-state index is 12.4. The zero-order valence-electron chi connectivity index (χ0n) is 14.1. The molecule has 130 valence electrons. The number of hydrogen-bond acceptors (Lipinski definition) is 3. The Balaban J connectivity index is 1.69. The Morgan fingerprint density at radius 3 is 2.44 bits per heavy atom. The number of aliphatic carboxylic acids is 1. The highest BCUT2D eigenvalue weighted by atomic mass is 16.6. The number of rotatable bonds is 4. The van der Waals surface area contributed by atoms with Crippen molar-refractivity contribution in [2.75, 3.05) is 6.54 Å². The van der Waals surface area contributed by atoms with E-state index in [-0.39, 0.29) is 12.5 Å². The van der Waals surface area contributed by atoms with Crippen LogP contribution >= 0.6 is 0 Å². The van der Waals surface area contributed by atoms with Crippen molar-refractivity contribution >= 4 is 12.1 Å². The van der Waals surface area contributed by atoms with Crippen molar-refractivity contribution in [3.63, 3.8) is 0 Å². The van der Waals surface area contributed by atoms with Crippen LogP contribution in [0.1, 0.15) is 29.0 Å². The molecule has 25 heavy (non-hydrogen) atoms. The molecule has 2 aromatic carbocycles. The van der Waals surface area contributed by atoms with Crippen LogP contribution in [0.5, 0.6) is 0 Å². The first-order valence-corrected chi connectivity index (χ1v) is 8.31. The van der Waals surface area contributed by atoms with Gasteiger partial charge in [-0.15, -0.1) is 0 Å². The van der Waals surface area contributed by atoms with Gasteiger partial charge in [-0.1, -0.05) is 60.2 Å². The zero-order valence-corrected chi connectivity index (χ0v) is 14.1. The molecule has 0 aliphatic carbocycles. The standard InChI is InChI=1S/C20H21NO4/c1-14-7-9-16(10-8-14)17-11-18(19(22)23)21(12-17)20(24)25-13-15-5-3-2-4-6-15/h2-10,17-18H,11-13H2,1H3,(H,22,23)/t17-,18+/m1/s1. The van der Waals surface area contributed by atoms with Gasteiger partial charge in [-0.3, -0.25) is 4.90 Å². The van der Waals surface area contributed by atoms with E-state index in [1.807, 2.05) is 61.5 Å². The second-order valence-electron chi connectivity index (χ2n) is 6.39. The van der Waals surface area contributed by atoms with Gasteiger partial charge in [0.15, 0.2) is 0 Å². The molecule has 2 atom stereocenters. The van der Waals surface area contributed by atoms with Crippen LogP contribution in [0.2, 0.25) is 0 Å². The lowest BCUT2D eigenvalue weighted by atomic mass is 9.95. The summed E-state index contributed by atoms with van der Waals surface area (Å²) in [6.45, 7) is 2.50. The van der Waals surface area contributed by atoms with Crippen molar-refractivity contribution < 1.29 is 19.4 Å². The Kier molecular flexibility index (Phi) is 5.03. The van der Waals surface area contributed by atoms with Crippen LogP contribution in [-0.2, 0) is 16.1 Å². The molecule has 5 nitrogen and oxygen atoms in total. The highest BCUT2D eigenvalue weighted by molar-refractivity contribution is 5.81. The maximum Gasteiger partial charge on any atom is 0.410 e. The number of aryl methyl sites for hydroxylation is 1. The second-order valence-corrected chi connectivity index (χ2v) is 6.39. The van der Waals surface area contributed by atoms with Gasteiger partial charge < -0.3 is 9.84 Å². The molecular weight excluding hydrogens is 318 g/mol. The number of carboxylic acids is 1. The van der Waals surface area contributed by atoms with Crippen LogP contribution < -0.4 is 0 Å². The highest BCUT2D eigenvalue weighted by Crippen LogP contribution is 2.32. The van der Waals surface area contributed by atoms with Crippen LogP contribution in [0.25, 0.3) is 0 Å². The predicted octanol–water partition coefficient (Wildman–Crippen LogP) is 3.57. The van der Waals surface area contributed by atoms with Crippen LogP contribution in [0, 0.1) is 6.92 Å². The largest absolute Gasteiger partial charge is 0.480 e. The first kappa shape index (κ1) is 17.0. The summed E-state index contributed by atoms with van der Waals surface area (Å²) in [5, 5.41) is 9.48. The van der Waals surface area contributed by atoms with Gasteiger partial charge in [0, 0.05) is 12.5 Å². The topological polar surface area (TPSA) is 66.8 Å². The van der Waals surface area contributed by atoms with Gasteiger partial charge >= 0.3 is 12.1 Å². The van der Waals surface area contributed by atoms with Crippen LogP contribution in [0.15, 0.2) is 54.6 Å². The number of nitrogens with zero attached hydrogens (tertiary/aromatic N) is 1. The van der Waals surface area contributed by atoms with Gasteiger partial charge in [-0.2, -0.15) is 0 Å². The van der Waals surface area contributed by atoms with Gasteiger partial charge in [0.2, 0.25) is 0 Å². The van der Waals surface area contributed by atoms with Gasteiger partial charge in [-0.25, -0.2) is 9.59 Å². The summed E-state index contributed by atoms with van der Waals surface area (Å²) in [4.78, 5) is 25.3. The Bertz CT molecular complexity index is 742. The Morgan fingerprint density at radius 1 is 1.12 bits per heavy atom. The van der Waals surface area contributed by atoms with Crippen LogP contribution in [0.4, 0.5) is 4.79 Å². The molecule has 0 aromatic heterocycles. The summed E-state index contributed by atoms with van der Waals surface area (Å²) in [7, 11) is 0. The number of ether oxygens (including phenoxy) is 1. The molecule has 0 bridgehead atoms. The summed E-state index contributed by atoms with van der Waals surface area (Å²) in [6, 6.07) is 16.5. The molecule has 3 rings (SSSR count). The van der Waals surface area contributed by atoms with E-state index in [0.29, 0.717) is 13.0 Å². The summed E-state index contributed by atoms with van der Waals surface area (Å²) >= 11 is 0. The van der Waals surface area contributed by atoms with Crippen molar-refractivity contribution in [3.05, 3.63) is 71.3 Å². The Labute approximate surface area is 146 Å². The molecule has 0 saturated carbocycles. The third-order valence-corrected chi connectivity index (χ3v) is 4.57. The lowest BCUT2D eigenvalue weighted by molar-refractivity contribution is -0.141. The molecule has 5 heteroatoms. The average molecular weight is 339 g/mol. The van der Waals surface area contributed by atoms with Crippen molar-refractivity contribution in [1.29, 1.82) is 0 Å². The lowest BCUT2D eigenvalue weighted by Crippen LogP contribution is -2.40. The minimum absolute atomic E-state index is 0.00553. The van der Waals surface area contributed by atoms with Crippen molar-refractivity contribution in [1.82, 2.24) is 4.90 Å². The summed E-state index contributed by atoms with van der Waals surface area (Å²) in [5.41, 5.74) is 3.07. The van der Waals surface area contributed by atoms with Gasteiger partial charge in [0.25, 0.3) is 0 Å². The molecule has 1 aliphatic rings. The van der Waals surface area contributed by atoms with Gasteiger partial charge in [-0.05, 0) is 24.5 Å². The van der Waals surface area contributed by atoms with Crippen LogP contribution in [0.3, 0.4) is 0 Å². The quantitative estimate of drug-likeness (QED) is 0.925. The molecular formula is C20H21NO4. The highest BCUT2D eigenvalue weighted by Gasteiger charge is 2.41. The molecule has 1 fully saturated rings. The number of likely N-dealkylation sites (tertiary alicyclic amines) is 1. The predicted molar refractivity (Wildman–Crippen MR) is 93.3 cm³/mol. The summed E-state index contributed by atoms with van der Waals surface area (Å²) < 4.78 is 5.32. The maximum atomic E-state index is 12.4. The fourth-order valence-electron chi connectivity index (χ4n) is 3.15. The number of carbonyl (C=O) groups excluding carboxylic acids is 1. The van der Waals surface area contributed by atoms with Gasteiger partial charge in [0.05, 0.1) is 0 Å². The lowest BCUT2D eigenvalue weighted by Gasteiger charge is -2.20. The van der Waals surface area contributed by atoms with E-state index in [9.17, 15) is 14.7 Å². The second kappa shape index (κ2) is 7.38. The van der Waals surface area contributed by atoms with E-state index < -0.39 is 18.1 Å². The summed E-state index contributed by atoms with van der Waals surface area (Å²) in [5.74, 6) is -0.989. The zero-order chi connectivity index (χ0) is 17.8. The van der Waals surface area contributed by atoms with E-state index in [2.05, 4.69) is 0 Å². The monoisotopic (exact) mass is 339 g/mol. The molecule has 1 saturated heterocycles. The van der Waals surface area contributed by atoms with E-state index in [1.54, 1.807) is 0 Å². The SMILES string of the molecule is Cc1ccc([C@@H]2C[C@@H](C(=O)O)N(C(=O)OCc3ccccc3)C2)cc1. The van der Waals surface area contributed by atoms with E-state index in [1.165, 1.54) is 4.90 Å². The third kappa shape index (κ3) is 3.99. The smallest absolute Gasteiger partial charge is 0.410 e. The third-order valence-electron chi connectivity index (χ3n) is 4.57. The molecule has 2 aromatic rings. The number of amides is 1. The fourth-order valence-corrected chi connectivity index (χ4v) is 3.15. The molecule has 1 heterocycles. The van der Waals surface area contributed by atoms with E-state index in [0.717, 1.165) is 16.7 Å². The molecule has 1 amide bonds. The van der Waals surface area contributed by atoms with Gasteiger partial charge in [0.1, 0.15) is 12.6 Å². The fraction of sp³-hybridized carbons (Fsp3) is 0.300. The van der Waals surface area contributed by atoms with Crippen molar-refractivity contribution in [2.45, 2.75) is 31.9 Å². The number of benzene rings is 2. The number of carbonyl (C=O) groups is 2. The molecule has 0 radical (unpaired) electrons. The molecule has 1 N–H and O–H groups in total. The molecule has 0 unspecified atom stereocenters. The average Bonchev–Trinajstić information content (AvgIpc) is 3.07. The normalized spacial score (nSPS) is 19.6. The summed E-state index contributed by atoms with van der Waals surface area (Å²) in [6.07, 6.45) is -0.176. The van der Waals surface area contributed by atoms with Crippen molar-refractivity contribution in [2.24, 2.45) is 0 Å². The van der Waals surface area contributed by atoms with Crippen LogP contribution in [-0.4, -0.2) is 34.7 Å². The minimum Gasteiger partial charge on any atom is -0.480 e. The van der Waals surface area contributed by atoms with Crippen molar-refractivity contribution in [3.8, 4) is 0 Å². The number of hydrogen-bond donors (Lipinski definition) is 1. The number of carboxylic acid groups (broad SMARTS) is 1. The first-order chi connectivity index (χ1) is 12.0. The van der Waals surface area contributed by atoms with E-state index in [4.69, 9.17) is 4.74 Å². The molecule has 1 aliphatic heterocycles. The Hall–Kier alpha value is -2.82. The minimum atomic E-state index is -0.994. The Morgan fingerprint density at radius 2 is 1.80 bits per heavy atom. The van der Waals surface area contributed by atoms with E-state index >= 15 is 0 Å². The molecule has 0 spiro atoms. The first-order valence-electron chi connectivity index (χ1n) is 8.31.